The number of rotatable bonds is 2. The molecule has 1 aromatic rings. The largest absolute Gasteiger partial charge is 0.478 e. The number of thiol groups is 2. The number of hydrogen-bond donors (Lipinski definition) is 4. The molecule has 0 aromatic heterocycles. The zero-order valence-corrected chi connectivity index (χ0v) is 13.4. The summed E-state index contributed by atoms with van der Waals surface area (Å²) in [6, 6.07) is 12.0. The summed E-state index contributed by atoms with van der Waals surface area (Å²) >= 11 is 7.06. The van der Waals surface area contributed by atoms with Crippen molar-refractivity contribution in [2.24, 2.45) is 0 Å². The van der Waals surface area contributed by atoms with Crippen LogP contribution in [-0.4, -0.2) is 34.7 Å². The summed E-state index contributed by atoms with van der Waals surface area (Å²) in [4.78, 5) is 18.5. The molecule has 0 aliphatic carbocycles. The molecule has 0 aliphatic heterocycles. The Hall–Kier alpha value is -1.66. The van der Waals surface area contributed by atoms with Crippen molar-refractivity contribution in [3.63, 3.8) is 0 Å². The van der Waals surface area contributed by atoms with Gasteiger partial charge >= 0.3 is 11.9 Å². The third-order valence-corrected chi connectivity index (χ3v) is 1.02. The lowest BCUT2D eigenvalue weighted by molar-refractivity contribution is -0.132. The Kier molecular flexibility index (Phi) is 40.8. The molecule has 114 valence electrons. The molecule has 4 nitrogen and oxygen atoms in total. The molecule has 0 radical (unpaired) electrons. The van der Waals surface area contributed by atoms with Gasteiger partial charge in [0, 0.05) is 12.2 Å². The van der Waals surface area contributed by atoms with Gasteiger partial charge in [-0.05, 0) is 12.5 Å². The first-order valence-electron chi connectivity index (χ1n) is 5.14. The number of carbonyl (C=O) groups is 2. The summed E-state index contributed by atoms with van der Waals surface area (Å²) in [7, 11) is 0. The van der Waals surface area contributed by atoms with Gasteiger partial charge in [0.2, 0.25) is 0 Å². The topological polar surface area (TPSA) is 74.6 Å². The van der Waals surface area contributed by atoms with E-state index in [9.17, 15) is 9.59 Å². The molecule has 0 unspecified atom stereocenters. The van der Waals surface area contributed by atoms with Gasteiger partial charge in [-0.3, -0.25) is 0 Å². The van der Waals surface area contributed by atoms with E-state index in [2.05, 4.69) is 38.4 Å². The van der Waals surface area contributed by atoms with Gasteiger partial charge < -0.3 is 10.2 Å². The second-order valence-corrected chi connectivity index (χ2v) is 2.24. The Morgan fingerprint density at radius 2 is 0.850 bits per heavy atom. The molecule has 0 atom stereocenters. The standard InChI is InChI=1S/C6H6.2C3H4O2.2CH4S/c1-2-4-6-5-3-1;2*1-2-3(4)5;2*1-2/h1-6H;2*2H,1H2,(H,4,5);2*2H,1H3. The number of carboxylic acid groups (broad SMARTS) is 2. The first-order chi connectivity index (χ1) is 9.54. The van der Waals surface area contributed by atoms with Crippen LogP contribution < -0.4 is 0 Å². The van der Waals surface area contributed by atoms with E-state index in [0.717, 1.165) is 12.2 Å². The minimum absolute atomic E-state index is 0.833. The summed E-state index contributed by atoms with van der Waals surface area (Å²) < 4.78 is 0. The minimum atomic E-state index is -0.981. The predicted octanol–water partition coefficient (Wildman–Crippen LogP) is 3.29. The maximum atomic E-state index is 9.25. The molecular weight excluding hydrogens is 296 g/mol. The molecule has 1 rings (SSSR count). The van der Waals surface area contributed by atoms with Crippen LogP contribution in [0.5, 0.6) is 0 Å². The first kappa shape index (κ1) is 26.8. The molecular formula is C14H22O4S2. The lowest BCUT2D eigenvalue weighted by atomic mass is 10.4. The van der Waals surface area contributed by atoms with E-state index in [0.29, 0.717) is 0 Å². The van der Waals surface area contributed by atoms with Crippen molar-refractivity contribution >= 4 is 37.2 Å². The van der Waals surface area contributed by atoms with Crippen molar-refractivity contribution in [3.05, 3.63) is 61.7 Å². The maximum Gasteiger partial charge on any atom is 0.327 e. The zero-order valence-electron chi connectivity index (χ0n) is 11.6. The van der Waals surface area contributed by atoms with E-state index in [1.807, 2.05) is 36.4 Å². The van der Waals surface area contributed by atoms with Gasteiger partial charge in [-0.2, -0.15) is 25.3 Å². The lowest BCUT2D eigenvalue weighted by Crippen LogP contribution is -1.82. The summed E-state index contributed by atoms with van der Waals surface area (Å²) in [5.41, 5.74) is 0. The van der Waals surface area contributed by atoms with Crippen molar-refractivity contribution in [3.8, 4) is 0 Å². The zero-order chi connectivity index (χ0) is 16.8. The van der Waals surface area contributed by atoms with Crippen LogP contribution in [0, 0.1) is 0 Å². The van der Waals surface area contributed by atoms with Gasteiger partial charge in [0.25, 0.3) is 0 Å². The van der Waals surface area contributed by atoms with Gasteiger partial charge in [-0.15, -0.1) is 0 Å². The van der Waals surface area contributed by atoms with Crippen molar-refractivity contribution in [2.75, 3.05) is 12.5 Å². The van der Waals surface area contributed by atoms with Gasteiger partial charge in [-0.25, -0.2) is 9.59 Å². The van der Waals surface area contributed by atoms with Gasteiger partial charge in [0.1, 0.15) is 0 Å². The summed E-state index contributed by atoms with van der Waals surface area (Å²) in [6.45, 7) is 5.92. The number of benzene rings is 1. The first-order valence-corrected chi connectivity index (χ1v) is 6.93. The normalized spacial score (nSPS) is 6.20. The highest BCUT2D eigenvalue weighted by atomic mass is 32.1. The predicted molar refractivity (Wildman–Crippen MR) is 91.9 cm³/mol. The fourth-order valence-corrected chi connectivity index (χ4v) is 0.385. The second-order valence-electron chi connectivity index (χ2n) is 2.24. The Balaban J connectivity index is -0.0000000858. The van der Waals surface area contributed by atoms with E-state index in [4.69, 9.17) is 10.2 Å². The minimum Gasteiger partial charge on any atom is -0.478 e. The molecule has 0 heterocycles. The van der Waals surface area contributed by atoms with Crippen LogP contribution in [0.2, 0.25) is 0 Å². The molecule has 0 bridgehead atoms. The van der Waals surface area contributed by atoms with Crippen LogP contribution in [0.4, 0.5) is 0 Å². The number of hydrogen-bond acceptors (Lipinski definition) is 4. The van der Waals surface area contributed by atoms with Crippen LogP contribution in [-0.2, 0) is 9.59 Å². The van der Waals surface area contributed by atoms with Crippen LogP contribution >= 0.6 is 25.3 Å². The average Bonchev–Trinajstić information content (AvgIpc) is 2.54. The average molecular weight is 318 g/mol. The monoisotopic (exact) mass is 318 g/mol. The second kappa shape index (κ2) is 30.4. The van der Waals surface area contributed by atoms with E-state index in [1.165, 1.54) is 0 Å². The van der Waals surface area contributed by atoms with E-state index in [-0.39, 0.29) is 0 Å². The van der Waals surface area contributed by atoms with E-state index < -0.39 is 11.9 Å². The van der Waals surface area contributed by atoms with Gasteiger partial charge in [0.15, 0.2) is 0 Å². The Morgan fingerprint density at radius 3 is 0.900 bits per heavy atom. The highest BCUT2D eigenvalue weighted by molar-refractivity contribution is 7.79. The third-order valence-electron chi connectivity index (χ3n) is 1.02. The summed E-state index contributed by atoms with van der Waals surface area (Å²) in [6.07, 6.45) is 5.06. The molecule has 6 heteroatoms. The third kappa shape index (κ3) is 55.3. The van der Waals surface area contributed by atoms with Gasteiger partial charge in [-0.1, -0.05) is 49.6 Å². The van der Waals surface area contributed by atoms with Crippen LogP contribution in [0.25, 0.3) is 0 Å². The van der Waals surface area contributed by atoms with E-state index >= 15 is 0 Å². The fraction of sp³-hybridized carbons (Fsp3) is 0.143. The van der Waals surface area contributed by atoms with Crippen LogP contribution in [0.15, 0.2) is 61.7 Å². The highest BCUT2D eigenvalue weighted by Gasteiger charge is 1.73. The molecule has 0 saturated carbocycles. The molecule has 0 aliphatic rings. The van der Waals surface area contributed by atoms with Crippen molar-refractivity contribution in [1.82, 2.24) is 0 Å². The number of aliphatic carboxylic acids is 2. The molecule has 0 amide bonds. The summed E-state index contributed by atoms with van der Waals surface area (Å²) in [5.74, 6) is -1.96. The van der Waals surface area contributed by atoms with Crippen molar-refractivity contribution in [2.45, 2.75) is 0 Å². The highest BCUT2D eigenvalue weighted by Crippen LogP contribution is 1.79. The molecule has 20 heavy (non-hydrogen) atoms. The molecule has 1 aromatic carbocycles. The van der Waals surface area contributed by atoms with Crippen LogP contribution in [0.1, 0.15) is 0 Å². The fourth-order valence-electron chi connectivity index (χ4n) is 0.385. The molecule has 0 spiro atoms. The Labute approximate surface area is 131 Å². The van der Waals surface area contributed by atoms with Crippen molar-refractivity contribution < 1.29 is 19.8 Å². The lowest BCUT2D eigenvalue weighted by Gasteiger charge is -1.69. The quantitative estimate of drug-likeness (QED) is 0.499. The van der Waals surface area contributed by atoms with Crippen molar-refractivity contribution in [1.29, 1.82) is 0 Å². The van der Waals surface area contributed by atoms with E-state index in [1.54, 1.807) is 12.5 Å². The van der Waals surface area contributed by atoms with Gasteiger partial charge in [0.05, 0.1) is 0 Å². The SMILES string of the molecule is C=CC(=O)O.C=CC(=O)O.CS.CS.c1ccccc1. The Bertz CT molecular complexity index is 282. The molecule has 0 fully saturated rings. The summed E-state index contributed by atoms with van der Waals surface area (Å²) in [5, 5.41) is 15.2. The number of carboxylic acids is 2. The molecule has 2 N–H and O–H groups in total. The smallest absolute Gasteiger partial charge is 0.327 e. The maximum absolute atomic E-state index is 9.25. The molecule has 0 saturated heterocycles. The Morgan fingerprint density at radius 1 is 0.750 bits per heavy atom. The van der Waals surface area contributed by atoms with Crippen LogP contribution in [0.3, 0.4) is 0 Å².